The molecule has 2 aromatic carbocycles. The maximum atomic E-state index is 14.9. The van der Waals surface area contributed by atoms with Gasteiger partial charge in [0.25, 0.3) is 0 Å². The summed E-state index contributed by atoms with van der Waals surface area (Å²) in [5.74, 6) is 1.03. The summed E-state index contributed by atoms with van der Waals surface area (Å²) in [5, 5.41) is 0. The Morgan fingerprint density at radius 1 is 0.758 bits per heavy atom. The molecule has 2 saturated carbocycles. The van der Waals surface area contributed by atoms with E-state index in [1.54, 1.807) is 12.1 Å². The van der Waals surface area contributed by atoms with Crippen LogP contribution in [-0.2, 0) is 11.3 Å². The van der Waals surface area contributed by atoms with E-state index in [-0.39, 0.29) is 18.3 Å². The normalized spacial score (nSPS) is 25.7. The third-order valence-electron chi connectivity index (χ3n) is 8.02. The summed E-state index contributed by atoms with van der Waals surface area (Å²) in [5.41, 5.74) is 1.59. The number of halogens is 2. The second kappa shape index (κ2) is 12.0. The van der Waals surface area contributed by atoms with Crippen LogP contribution in [0, 0.1) is 29.4 Å². The summed E-state index contributed by atoms with van der Waals surface area (Å²) >= 11 is 0. The standard InChI is InChI=1S/C29H38F2O2/c1-2-21-8-10-23(11-9-21)24-12-14-25(15-13-24)26-16-17-27(29(31)28(26)30)33-19-18-32-20-22-6-4-3-5-7-22/h3-7,16-17,21,23-25H,2,8-15,18-20H2,1H3. The lowest BCUT2D eigenvalue weighted by atomic mass is 9.68. The van der Waals surface area contributed by atoms with E-state index in [9.17, 15) is 8.78 Å². The highest BCUT2D eigenvalue weighted by molar-refractivity contribution is 5.33. The molecule has 180 valence electrons. The quantitative estimate of drug-likeness (QED) is 0.355. The molecule has 0 saturated heterocycles. The predicted molar refractivity (Wildman–Crippen MR) is 128 cm³/mol. The van der Waals surface area contributed by atoms with Gasteiger partial charge in [0.2, 0.25) is 5.82 Å². The van der Waals surface area contributed by atoms with E-state index in [2.05, 4.69) is 6.92 Å². The molecule has 2 aliphatic rings. The van der Waals surface area contributed by atoms with Gasteiger partial charge in [0.05, 0.1) is 13.2 Å². The Hall–Kier alpha value is -1.94. The van der Waals surface area contributed by atoms with Crippen LogP contribution in [0.2, 0.25) is 0 Å². The monoisotopic (exact) mass is 456 g/mol. The molecule has 2 fully saturated rings. The van der Waals surface area contributed by atoms with Crippen LogP contribution in [0.25, 0.3) is 0 Å². The molecule has 4 rings (SSSR count). The van der Waals surface area contributed by atoms with Gasteiger partial charge in [-0.05, 0) is 79.4 Å². The minimum absolute atomic E-state index is 0.0269. The molecular weight excluding hydrogens is 418 g/mol. The SMILES string of the molecule is CCC1CCC(C2CCC(c3ccc(OCCOCc4ccccc4)c(F)c3F)CC2)CC1. The summed E-state index contributed by atoms with van der Waals surface area (Å²) in [6.07, 6.45) is 11.0. The highest BCUT2D eigenvalue weighted by Crippen LogP contribution is 2.45. The zero-order chi connectivity index (χ0) is 23.0. The van der Waals surface area contributed by atoms with E-state index in [0.717, 1.165) is 49.0 Å². The summed E-state index contributed by atoms with van der Waals surface area (Å²) in [6, 6.07) is 13.2. The molecule has 4 heteroatoms. The first-order chi connectivity index (χ1) is 16.2. The van der Waals surface area contributed by atoms with Gasteiger partial charge < -0.3 is 9.47 Å². The lowest BCUT2D eigenvalue weighted by Gasteiger charge is -2.38. The first kappa shape index (κ1) is 24.2. The minimum atomic E-state index is -0.865. The third-order valence-corrected chi connectivity index (χ3v) is 8.02. The highest BCUT2D eigenvalue weighted by Gasteiger charge is 2.32. The maximum absolute atomic E-state index is 14.9. The Morgan fingerprint density at radius 3 is 2.09 bits per heavy atom. The second-order valence-electron chi connectivity index (χ2n) is 9.97. The van der Waals surface area contributed by atoms with E-state index in [1.165, 1.54) is 32.1 Å². The van der Waals surface area contributed by atoms with Crippen molar-refractivity contribution in [2.24, 2.45) is 17.8 Å². The predicted octanol–water partition coefficient (Wildman–Crippen LogP) is 8.05. The van der Waals surface area contributed by atoms with Crippen molar-refractivity contribution in [1.29, 1.82) is 0 Å². The van der Waals surface area contributed by atoms with Gasteiger partial charge in [-0.2, -0.15) is 4.39 Å². The molecule has 2 nitrogen and oxygen atoms in total. The summed E-state index contributed by atoms with van der Waals surface area (Å²) in [4.78, 5) is 0. The maximum Gasteiger partial charge on any atom is 0.200 e. The Bertz CT molecular complexity index is 853. The smallest absolute Gasteiger partial charge is 0.200 e. The second-order valence-corrected chi connectivity index (χ2v) is 9.97. The van der Waals surface area contributed by atoms with E-state index < -0.39 is 11.6 Å². The first-order valence-electron chi connectivity index (χ1n) is 12.9. The molecule has 33 heavy (non-hydrogen) atoms. The molecule has 0 N–H and O–H groups in total. The Morgan fingerprint density at radius 2 is 1.42 bits per heavy atom. The van der Waals surface area contributed by atoms with Crippen molar-refractivity contribution < 1.29 is 18.3 Å². The molecule has 2 aliphatic carbocycles. The minimum Gasteiger partial charge on any atom is -0.488 e. The van der Waals surface area contributed by atoms with Crippen molar-refractivity contribution in [2.75, 3.05) is 13.2 Å². The number of rotatable bonds is 9. The number of benzene rings is 2. The van der Waals surface area contributed by atoms with Crippen LogP contribution in [0.4, 0.5) is 8.78 Å². The summed E-state index contributed by atoms with van der Waals surface area (Å²) in [6.45, 7) is 3.29. The number of ether oxygens (including phenoxy) is 2. The van der Waals surface area contributed by atoms with Crippen LogP contribution in [0.3, 0.4) is 0 Å². The van der Waals surface area contributed by atoms with E-state index in [0.29, 0.717) is 18.8 Å². The van der Waals surface area contributed by atoms with Gasteiger partial charge in [-0.25, -0.2) is 4.39 Å². The van der Waals surface area contributed by atoms with E-state index >= 15 is 0 Å². The number of hydrogen-bond acceptors (Lipinski definition) is 2. The van der Waals surface area contributed by atoms with Crippen molar-refractivity contribution in [1.82, 2.24) is 0 Å². The first-order valence-corrected chi connectivity index (χ1v) is 12.9. The average molecular weight is 457 g/mol. The Kier molecular flexibility index (Phi) is 8.77. The molecule has 0 heterocycles. The van der Waals surface area contributed by atoms with Gasteiger partial charge in [-0.15, -0.1) is 0 Å². The van der Waals surface area contributed by atoms with Gasteiger partial charge in [-0.3, -0.25) is 0 Å². The summed E-state index contributed by atoms with van der Waals surface area (Å²) in [7, 11) is 0. The molecule has 0 radical (unpaired) electrons. The van der Waals surface area contributed by atoms with Gasteiger partial charge in [-0.1, -0.05) is 62.6 Å². The largest absolute Gasteiger partial charge is 0.488 e. The summed E-state index contributed by atoms with van der Waals surface area (Å²) < 4.78 is 40.6. The van der Waals surface area contributed by atoms with Crippen LogP contribution in [0.15, 0.2) is 42.5 Å². The third kappa shape index (κ3) is 6.35. The van der Waals surface area contributed by atoms with Crippen molar-refractivity contribution in [3.8, 4) is 5.75 Å². The zero-order valence-electron chi connectivity index (χ0n) is 19.9. The molecule has 0 aromatic heterocycles. The molecular formula is C29H38F2O2. The fourth-order valence-corrected chi connectivity index (χ4v) is 5.92. The lowest BCUT2D eigenvalue weighted by molar-refractivity contribution is 0.0873. The molecule has 0 aliphatic heterocycles. The number of hydrogen-bond donors (Lipinski definition) is 0. The van der Waals surface area contributed by atoms with Crippen LogP contribution < -0.4 is 4.74 Å². The van der Waals surface area contributed by atoms with Crippen molar-refractivity contribution in [2.45, 2.75) is 77.2 Å². The highest BCUT2D eigenvalue weighted by atomic mass is 19.2. The van der Waals surface area contributed by atoms with Crippen LogP contribution >= 0.6 is 0 Å². The molecule has 0 atom stereocenters. The zero-order valence-corrected chi connectivity index (χ0v) is 19.9. The van der Waals surface area contributed by atoms with Gasteiger partial charge in [0.1, 0.15) is 6.61 Å². The van der Waals surface area contributed by atoms with Crippen molar-refractivity contribution in [3.63, 3.8) is 0 Å². The topological polar surface area (TPSA) is 18.5 Å². The van der Waals surface area contributed by atoms with Crippen LogP contribution in [0.1, 0.15) is 81.8 Å². The average Bonchev–Trinajstić information content (AvgIpc) is 2.87. The molecule has 0 unspecified atom stereocenters. The Balaban J connectivity index is 1.23. The molecule has 2 aromatic rings. The van der Waals surface area contributed by atoms with Gasteiger partial charge in [0.15, 0.2) is 11.6 Å². The van der Waals surface area contributed by atoms with Gasteiger partial charge in [0, 0.05) is 0 Å². The Labute approximate surface area is 197 Å². The molecule has 0 spiro atoms. The fraction of sp³-hybridized carbons (Fsp3) is 0.586. The van der Waals surface area contributed by atoms with E-state index in [1.807, 2.05) is 30.3 Å². The van der Waals surface area contributed by atoms with Crippen LogP contribution in [-0.4, -0.2) is 13.2 Å². The van der Waals surface area contributed by atoms with Crippen molar-refractivity contribution >= 4 is 0 Å². The van der Waals surface area contributed by atoms with Crippen LogP contribution in [0.5, 0.6) is 5.75 Å². The van der Waals surface area contributed by atoms with Gasteiger partial charge >= 0.3 is 0 Å². The molecule has 0 bridgehead atoms. The van der Waals surface area contributed by atoms with E-state index in [4.69, 9.17) is 9.47 Å². The molecule has 0 amide bonds. The lowest BCUT2D eigenvalue weighted by Crippen LogP contribution is -2.25. The fourth-order valence-electron chi connectivity index (χ4n) is 5.92. The van der Waals surface area contributed by atoms with Crippen molar-refractivity contribution in [3.05, 3.63) is 65.2 Å².